The van der Waals surface area contributed by atoms with Gasteiger partial charge in [-0.3, -0.25) is 10.2 Å². The largest absolute Gasteiger partial charge is 0.398 e. The summed E-state index contributed by atoms with van der Waals surface area (Å²) in [6, 6.07) is 27.9. The number of H-pyrrole nitrogens is 2. The normalized spacial score (nSPS) is 8.93. The van der Waals surface area contributed by atoms with Gasteiger partial charge in [0.15, 0.2) is 0 Å². The van der Waals surface area contributed by atoms with Gasteiger partial charge in [-0.05, 0) is 278 Å². The van der Waals surface area contributed by atoms with Gasteiger partial charge in [0, 0.05) is 58.2 Å². The first-order valence-electron chi connectivity index (χ1n) is 32.2. The second kappa shape index (κ2) is 69.0. The molecule has 104 heavy (non-hydrogen) atoms. The molecule has 0 aliphatic rings. The SMILES string of the molecule is C=C(C)C.CC.CC(C)=Cc1cc(C)c(N)c(C)c1.CC(C)CO.Cc1cc(CC(C)C)cc(C)c1N.Cc1cc(CC(C)C)cc2cn[nH]c12.Cc1cc(C[C@H](C)N)cc2cn[nH]c12.Cc1cc(I)cc(C)c1N.Cc1cccc(C)c1N.Cl.O=C=O.O=C=O.O=C=O.O=C=O.O=C=O.O=C=O.[B]. The summed E-state index contributed by atoms with van der Waals surface area (Å²) < 4.78 is 1.25. The summed E-state index contributed by atoms with van der Waals surface area (Å²) in [5.41, 5.74) is 54.6. The van der Waals surface area contributed by atoms with E-state index in [1.165, 1.54) is 81.1 Å². The van der Waals surface area contributed by atoms with Gasteiger partial charge in [-0.25, -0.2) is 0 Å². The molecule has 0 saturated carbocycles. The number of benzene rings is 6. The van der Waals surface area contributed by atoms with Crippen molar-refractivity contribution in [1.82, 2.24) is 20.4 Å². The lowest BCUT2D eigenvalue weighted by molar-refractivity contribution is -0.193. The Morgan fingerprint density at radius 1 is 0.462 bits per heavy atom. The van der Waals surface area contributed by atoms with Crippen LogP contribution in [0.1, 0.15) is 168 Å². The molecule has 569 valence electrons. The van der Waals surface area contributed by atoms with E-state index in [2.05, 4.69) is 186 Å². The molecule has 0 unspecified atom stereocenters. The Morgan fingerprint density at radius 3 is 0.952 bits per heavy atom. The molecule has 0 amide bonds. The van der Waals surface area contributed by atoms with Crippen LogP contribution in [0, 0.1) is 90.6 Å². The maximum Gasteiger partial charge on any atom is 0.373 e. The van der Waals surface area contributed by atoms with Crippen molar-refractivity contribution in [3.05, 3.63) is 190 Å². The van der Waals surface area contributed by atoms with Crippen LogP contribution in [-0.4, -0.2) is 83.5 Å². The van der Waals surface area contributed by atoms with Crippen molar-refractivity contribution in [2.45, 2.75) is 185 Å². The van der Waals surface area contributed by atoms with E-state index >= 15 is 0 Å². The molecule has 2 heterocycles. The number of nitrogen functional groups attached to an aromatic ring is 4. The number of aryl methyl sites for hydroxylation is 10. The predicted octanol–water partition coefficient (Wildman–Crippen LogP) is 15.4. The van der Waals surface area contributed by atoms with Gasteiger partial charge in [-0.2, -0.15) is 67.7 Å². The molecular weight excluding hydrogens is 1460 g/mol. The van der Waals surface area contributed by atoms with Crippen LogP contribution in [0.4, 0.5) is 22.7 Å². The smallest absolute Gasteiger partial charge is 0.373 e. The number of aromatic amines is 2. The summed E-state index contributed by atoms with van der Waals surface area (Å²) in [5.74, 6) is 1.86. The minimum absolute atomic E-state index is 0. The molecule has 22 nitrogen and oxygen atoms in total. The molecule has 0 aliphatic heterocycles. The molecule has 2 aromatic heterocycles. The highest BCUT2D eigenvalue weighted by atomic mass is 127. The summed E-state index contributed by atoms with van der Waals surface area (Å²) in [6.45, 7) is 51.5. The Morgan fingerprint density at radius 2 is 0.702 bits per heavy atom. The van der Waals surface area contributed by atoms with Gasteiger partial charge in [0.25, 0.3) is 0 Å². The fraction of sp³-hybridized carbons (Fsp3) is 0.392. The van der Waals surface area contributed by atoms with E-state index in [0.717, 1.165) is 75.3 Å². The lowest BCUT2D eigenvalue weighted by Crippen LogP contribution is -2.17. The maximum atomic E-state index is 8.14. The molecule has 3 radical (unpaired) electrons. The van der Waals surface area contributed by atoms with Crippen molar-refractivity contribution in [1.29, 1.82) is 0 Å². The number of nitrogens with zero attached hydrogens (tertiary/aromatic N) is 2. The maximum absolute atomic E-state index is 8.14. The number of para-hydroxylation sites is 1. The fourth-order valence-corrected chi connectivity index (χ4v) is 9.47. The Labute approximate surface area is 638 Å². The summed E-state index contributed by atoms with van der Waals surface area (Å²) in [5, 5.41) is 24.6. The number of halogens is 2. The second-order valence-electron chi connectivity index (χ2n) is 24.3. The molecule has 0 aliphatic carbocycles. The Kier molecular flexibility index (Phi) is 74.8. The number of anilines is 4. The van der Waals surface area contributed by atoms with Crippen LogP contribution < -0.4 is 28.7 Å². The molecule has 8 aromatic rings. The molecule has 0 bridgehead atoms. The number of nitrogens with two attached hydrogens (primary N) is 5. The van der Waals surface area contributed by atoms with Gasteiger partial charge in [0.1, 0.15) is 0 Å². The number of carbonyl (C=O) groups excluding carboxylic acids is 12. The van der Waals surface area contributed by atoms with Crippen molar-refractivity contribution in [3.8, 4) is 0 Å². The minimum atomic E-state index is 0. The van der Waals surface area contributed by atoms with E-state index in [-0.39, 0.29) is 63.8 Å². The first kappa shape index (κ1) is 113. The number of rotatable bonds is 8. The molecule has 6 aromatic carbocycles. The molecule has 13 N–H and O–H groups in total. The number of aliphatic hydroxyl groups is 1. The monoisotopic (exact) mass is 1570 g/mol. The van der Waals surface area contributed by atoms with E-state index in [0.29, 0.717) is 24.4 Å². The van der Waals surface area contributed by atoms with Crippen LogP contribution in [0.25, 0.3) is 27.9 Å². The fourth-order valence-electron chi connectivity index (χ4n) is 8.53. The van der Waals surface area contributed by atoms with Crippen LogP contribution in [0.15, 0.2) is 109 Å². The van der Waals surface area contributed by atoms with E-state index in [1.807, 2.05) is 121 Å². The van der Waals surface area contributed by atoms with E-state index in [9.17, 15) is 0 Å². The van der Waals surface area contributed by atoms with Gasteiger partial charge in [-0.15, -0.1) is 19.0 Å². The number of aliphatic hydroxyl groups excluding tert-OH is 1. The van der Waals surface area contributed by atoms with Gasteiger partial charge >= 0.3 is 36.9 Å². The highest BCUT2D eigenvalue weighted by Gasteiger charge is 2.07. The van der Waals surface area contributed by atoms with Crippen LogP contribution >= 0.6 is 35.0 Å². The van der Waals surface area contributed by atoms with Gasteiger partial charge in [0.05, 0.1) is 23.4 Å². The molecule has 0 saturated heterocycles. The van der Waals surface area contributed by atoms with Gasteiger partial charge in [-0.1, -0.05) is 115 Å². The third-order valence-electron chi connectivity index (χ3n) is 12.6. The quantitative estimate of drug-likeness (QED) is 0.0303. The number of aromatic nitrogens is 4. The van der Waals surface area contributed by atoms with Gasteiger partial charge in [0.2, 0.25) is 0 Å². The zero-order valence-corrected chi connectivity index (χ0v) is 68.0. The third kappa shape index (κ3) is 58.8. The van der Waals surface area contributed by atoms with Crippen LogP contribution in [-0.2, 0) is 76.8 Å². The Balaban J connectivity index is -0.000000138. The summed E-state index contributed by atoms with van der Waals surface area (Å²) in [4.78, 5) is 97.5. The number of nitrogens with one attached hydrogen (secondary N) is 2. The second-order valence-corrected chi connectivity index (χ2v) is 25.6. The summed E-state index contributed by atoms with van der Waals surface area (Å²) in [7, 11) is 0. The topological polar surface area (TPSA) is 413 Å². The van der Waals surface area contributed by atoms with Crippen LogP contribution in [0.3, 0.4) is 0 Å². The van der Waals surface area contributed by atoms with Crippen LogP contribution in [0.2, 0.25) is 0 Å². The van der Waals surface area contributed by atoms with E-state index < -0.39 is 0 Å². The standard InChI is InChI=1S/C12H16N2.C12H19N.C12H17N.C11H15N3.C8H10IN.C8H11N.C4H10O.C4H8.C2H6.6CO2.B.ClH/c1-8(2)4-10-5-9(3)12-11(6-10)7-13-14-12;2*1-8(2)5-11-6-9(3)12(13)10(4)7-11;1-7-3-9(4-8(2)12)5-10-6-13-14-11(7)10;1-5-3-7(9)4-6(2)8(5)10;1-6-4-3-5-7(2)8(6)9;1-4(2)3-5;1-4(2)3;1-2;6*2-1-3;;/h5-8H,4H2,1-3H3,(H,13,14);6-8H,5,13H2,1-4H3;5-7H,13H2,1-4H3;3,5-6,8H,4,12H2,1-2H3,(H,13,14);3-4H,10H2,1-2H3;3-5H,9H2,1-2H3;4-5H,3H2,1-2H3;1H2,2-3H3;1-2H3;;;;;;;;1H/t;;;8-;;;;;;;;;;;;;/m...0............./s1. The van der Waals surface area contributed by atoms with Gasteiger partial charge < -0.3 is 33.8 Å². The highest BCUT2D eigenvalue weighted by Crippen LogP contribution is 2.24. The highest BCUT2D eigenvalue weighted by molar-refractivity contribution is 14.1. The Bertz CT molecular complexity index is 3650. The van der Waals surface area contributed by atoms with Crippen molar-refractivity contribution in [2.24, 2.45) is 23.5 Å². The first-order chi connectivity index (χ1) is 47.6. The minimum Gasteiger partial charge on any atom is -0.398 e. The van der Waals surface area contributed by atoms with Crippen molar-refractivity contribution < 1.29 is 62.6 Å². The third-order valence-corrected chi connectivity index (χ3v) is 13.3. The van der Waals surface area contributed by atoms with Crippen molar-refractivity contribution in [2.75, 3.05) is 29.5 Å². The molecule has 8 rings (SSSR count). The molecular formula is C79H113BClIN9O13. The first-order valence-corrected chi connectivity index (χ1v) is 33.2. The van der Waals surface area contributed by atoms with E-state index in [4.69, 9.17) is 91.3 Å². The average molecular weight is 1570 g/mol. The predicted molar refractivity (Wildman–Crippen MR) is 426 cm³/mol. The zero-order valence-electron chi connectivity index (χ0n) is 65.1. The summed E-state index contributed by atoms with van der Waals surface area (Å²) in [6.07, 6.45) is 10.6. The molecule has 1 atom stereocenters. The lowest BCUT2D eigenvalue weighted by Gasteiger charge is -2.10. The average Bonchev–Trinajstić information content (AvgIpc) is 1.62. The number of hydrogen-bond acceptors (Lipinski definition) is 20. The summed E-state index contributed by atoms with van der Waals surface area (Å²) >= 11 is 2.29. The molecule has 25 heteroatoms. The van der Waals surface area contributed by atoms with Crippen LogP contribution in [0.5, 0.6) is 0 Å². The Hall–Kier alpha value is -9.78. The van der Waals surface area contributed by atoms with Crippen molar-refractivity contribution in [3.63, 3.8) is 0 Å². The molecule has 0 fully saturated rings. The lowest BCUT2D eigenvalue weighted by atomic mass is 9.98. The zero-order chi connectivity index (χ0) is 81.0. The molecule has 0 spiro atoms. The number of allylic oxidation sites excluding steroid dienone is 2. The van der Waals surface area contributed by atoms with E-state index in [1.54, 1.807) is 0 Å². The van der Waals surface area contributed by atoms with Crippen molar-refractivity contribution >= 4 is 131 Å². The number of fused-ring (bicyclic) bond motifs is 2. The number of hydrogen-bond donors (Lipinski definition) is 8.